The molecule has 1 unspecified atom stereocenters. The fourth-order valence-corrected chi connectivity index (χ4v) is 1.67. The molecular weight excluding hydrogens is 241 g/mol. The summed E-state index contributed by atoms with van der Waals surface area (Å²) < 4.78 is 20.8. The molecule has 0 aliphatic heterocycles. The number of alkyl carbamates (subject to hydrolysis) is 1. The highest BCUT2D eigenvalue weighted by atomic mass is 31.1. The van der Waals surface area contributed by atoms with Crippen molar-refractivity contribution in [3.63, 3.8) is 0 Å². The van der Waals surface area contributed by atoms with Crippen molar-refractivity contribution in [3.8, 4) is 0 Å². The number of amides is 1. The van der Waals surface area contributed by atoms with Crippen molar-refractivity contribution in [1.29, 1.82) is 0 Å². The van der Waals surface area contributed by atoms with E-state index in [1.165, 1.54) is 7.11 Å². The first-order valence-corrected chi connectivity index (χ1v) is 6.36. The van der Waals surface area contributed by atoms with Crippen LogP contribution in [0.25, 0.3) is 0 Å². The Hall–Kier alpha value is -1.45. The van der Waals surface area contributed by atoms with Crippen molar-refractivity contribution in [1.82, 2.24) is 5.32 Å². The predicted molar refractivity (Wildman–Crippen MR) is 63.8 cm³/mol. The van der Waals surface area contributed by atoms with Crippen LogP contribution >= 0.6 is 8.03 Å². The molecule has 17 heavy (non-hydrogen) atoms. The van der Waals surface area contributed by atoms with Gasteiger partial charge < -0.3 is 4.74 Å². The van der Waals surface area contributed by atoms with Gasteiger partial charge in [0.2, 0.25) is 0 Å². The molecule has 0 saturated carbocycles. The summed E-state index contributed by atoms with van der Waals surface area (Å²) in [5.74, 6) is -0.571. The van der Waals surface area contributed by atoms with Gasteiger partial charge in [-0.15, -0.1) is 4.52 Å². The number of carbonyl (C=O) groups is 1. The fraction of sp³-hybridized carbons (Fsp3) is 0.364. The molecule has 0 spiro atoms. The summed E-state index contributed by atoms with van der Waals surface area (Å²) in [5.41, 5.74) is 0.895. The van der Waals surface area contributed by atoms with Gasteiger partial charge in [0.25, 0.3) is 5.78 Å². The Morgan fingerprint density at radius 3 is 2.65 bits per heavy atom. The maximum atomic E-state index is 11.3. The third-order valence-corrected chi connectivity index (χ3v) is 3.16. The Kier molecular flexibility index (Phi) is 5.60. The Balaban J connectivity index is 2.33. The summed E-state index contributed by atoms with van der Waals surface area (Å²) in [6.45, 7) is 1.77. The van der Waals surface area contributed by atoms with E-state index >= 15 is 0 Å². The van der Waals surface area contributed by atoms with Gasteiger partial charge in [-0.3, -0.25) is 5.32 Å². The average Bonchev–Trinajstić information content (AvgIpc) is 2.36. The van der Waals surface area contributed by atoms with E-state index in [1.54, 1.807) is 6.92 Å². The van der Waals surface area contributed by atoms with E-state index in [0.29, 0.717) is 0 Å². The van der Waals surface area contributed by atoms with Crippen molar-refractivity contribution in [2.24, 2.45) is 0 Å². The van der Waals surface area contributed by atoms with Crippen LogP contribution in [0.4, 0.5) is 4.79 Å². The number of hydrogen-bond acceptors (Lipinski definition) is 4. The van der Waals surface area contributed by atoms with Crippen LogP contribution in [0.2, 0.25) is 0 Å². The average molecular weight is 256 g/mol. The molecule has 0 heterocycles. The third kappa shape index (κ3) is 4.93. The first kappa shape index (κ1) is 13.6. The quantitative estimate of drug-likeness (QED) is 0.822. The molecule has 1 amide bonds. The number of ether oxygens (including phenoxy) is 1. The molecule has 92 valence electrons. The number of rotatable bonds is 5. The van der Waals surface area contributed by atoms with Crippen LogP contribution in [-0.2, 0) is 20.4 Å². The smallest absolute Gasteiger partial charge is 0.445 e. The SMILES string of the molecule is CO[P+](=O)[C@H](C)NC(=O)OCc1ccccc1. The normalized spacial score (nSPS) is 12.7. The first-order chi connectivity index (χ1) is 8.13. The lowest BCUT2D eigenvalue weighted by Crippen LogP contribution is -2.30. The molecule has 0 aliphatic carbocycles. The van der Waals surface area contributed by atoms with Crippen LogP contribution in [0.15, 0.2) is 30.3 Å². The zero-order chi connectivity index (χ0) is 12.7. The van der Waals surface area contributed by atoms with E-state index in [1.807, 2.05) is 30.3 Å². The zero-order valence-electron chi connectivity index (χ0n) is 9.75. The van der Waals surface area contributed by atoms with Gasteiger partial charge in [0.05, 0.1) is 7.11 Å². The van der Waals surface area contributed by atoms with Crippen molar-refractivity contribution < 1.29 is 18.6 Å². The molecule has 0 bridgehead atoms. The van der Waals surface area contributed by atoms with Gasteiger partial charge in [-0.25, -0.2) is 4.79 Å². The van der Waals surface area contributed by atoms with E-state index < -0.39 is 19.9 Å². The molecule has 0 radical (unpaired) electrons. The summed E-state index contributed by atoms with van der Waals surface area (Å²) >= 11 is 0. The van der Waals surface area contributed by atoms with E-state index in [0.717, 1.165) is 5.56 Å². The molecule has 1 aromatic carbocycles. The highest BCUT2D eigenvalue weighted by Gasteiger charge is 2.28. The number of benzene rings is 1. The Bertz CT molecular complexity index is 382. The van der Waals surface area contributed by atoms with Crippen molar-refractivity contribution in [2.75, 3.05) is 7.11 Å². The predicted octanol–water partition coefficient (Wildman–Crippen LogP) is 2.65. The summed E-state index contributed by atoms with van der Waals surface area (Å²) in [4.78, 5) is 11.3. The Morgan fingerprint density at radius 2 is 2.06 bits per heavy atom. The highest BCUT2D eigenvalue weighted by Crippen LogP contribution is 2.25. The maximum Gasteiger partial charge on any atom is 0.532 e. The molecule has 1 rings (SSSR count). The Morgan fingerprint density at radius 1 is 1.41 bits per heavy atom. The van der Waals surface area contributed by atoms with Gasteiger partial charge in [0, 0.05) is 6.92 Å². The third-order valence-electron chi connectivity index (χ3n) is 2.04. The molecule has 0 saturated heterocycles. The minimum atomic E-state index is -1.90. The summed E-state index contributed by atoms with van der Waals surface area (Å²) in [6, 6.07) is 9.32. The number of hydrogen-bond donors (Lipinski definition) is 1. The van der Waals surface area contributed by atoms with E-state index in [-0.39, 0.29) is 6.61 Å². The van der Waals surface area contributed by atoms with Gasteiger partial charge in [-0.1, -0.05) is 30.3 Å². The van der Waals surface area contributed by atoms with E-state index in [9.17, 15) is 9.36 Å². The molecular formula is C11H15NO4P+. The minimum Gasteiger partial charge on any atom is -0.445 e. The minimum absolute atomic E-state index is 0.184. The van der Waals surface area contributed by atoms with Crippen LogP contribution in [0.3, 0.4) is 0 Å². The molecule has 0 aliphatic rings. The monoisotopic (exact) mass is 256 g/mol. The van der Waals surface area contributed by atoms with Crippen molar-refractivity contribution >= 4 is 14.1 Å². The van der Waals surface area contributed by atoms with Crippen LogP contribution < -0.4 is 5.32 Å². The van der Waals surface area contributed by atoms with E-state index in [2.05, 4.69) is 9.84 Å². The molecule has 6 heteroatoms. The van der Waals surface area contributed by atoms with Crippen molar-refractivity contribution in [3.05, 3.63) is 35.9 Å². The molecule has 0 fully saturated rings. The van der Waals surface area contributed by atoms with E-state index in [4.69, 9.17) is 4.74 Å². The first-order valence-electron chi connectivity index (χ1n) is 5.11. The van der Waals surface area contributed by atoms with Gasteiger partial charge in [0.1, 0.15) is 6.61 Å². The standard InChI is InChI=1S/C11H14NO4P/c1-9(17(14)15-2)12-11(13)16-8-10-6-4-3-5-7-10/h3-7,9H,8H2,1-2H3/p+1/t9-/m1/s1. The van der Waals surface area contributed by atoms with Gasteiger partial charge in [-0.05, 0) is 10.1 Å². The largest absolute Gasteiger partial charge is 0.532 e. The van der Waals surface area contributed by atoms with Gasteiger partial charge in [0.15, 0.2) is 0 Å². The lowest BCUT2D eigenvalue weighted by atomic mass is 10.2. The molecule has 1 aromatic rings. The number of nitrogens with one attached hydrogen (secondary N) is 1. The Labute approximate surface area is 101 Å². The molecule has 2 atom stereocenters. The summed E-state index contributed by atoms with van der Waals surface area (Å²) in [5, 5.41) is 2.43. The molecule has 5 nitrogen and oxygen atoms in total. The topological polar surface area (TPSA) is 64.6 Å². The second-order valence-electron chi connectivity index (χ2n) is 3.35. The second-order valence-corrected chi connectivity index (χ2v) is 5.06. The lowest BCUT2D eigenvalue weighted by molar-refractivity contribution is 0.138. The van der Waals surface area contributed by atoms with Crippen LogP contribution in [-0.4, -0.2) is 19.0 Å². The van der Waals surface area contributed by atoms with Gasteiger partial charge >= 0.3 is 14.1 Å². The van der Waals surface area contributed by atoms with Crippen molar-refractivity contribution in [2.45, 2.75) is 19.3 Å². The highest BCUT2D eigenvalue weighted by molar-refractivity contribution is 7.39. The van der Waals surface area contributed by atoms with Crippen LogP contribution in [0.5, 0.6) is 0 Å². The van der Waals surface area contributed by atoms with Gasteiger partial charge in [-0.2, -0.15) is 0 Å². The summed E-state index contributed by atoms with van der Waals surface area (Å²) in [6.07, 6.45) is -0.609. The maximum absolute atomic E-state index is 11.3. The zero-order valence-corrected chi connectivity index (χ0v) is 10.6. The number of carbonyl (C=O) groups excluding carboxylic acids is 1. The molecule has 1 N–H and O–H groups in total. The summed E-state index contributed by atoms with van der Waals surface area (Å²) in [7, 11) is -0.573. The fourth-order valence-electron chi connectivity index (χ4n) is 1.15. The lowest BCUT2D eigenvalue weighted by Gasteiger charge is -2.06. The van der Waals surface area contributed by atoms with Crippen LogP contribution in [0, 0.1) is 0 Å². The van der Waals surface area contributed by atoms with Crippen LogP contribution in [0.1, 0.15) is 12.5 Å². The second kappa shape index (κ2) is 6.99. The molecule has 0 aromatic heterocycles.